The number of nitrogens with zero attached hydrogens (tertiary/aromatic N) is 1. The quantitative estimate of drug-likeness (QED) is 0.905. The van der Waals surface area contributed by atoms with Crippen LogP contribution >= 0.6 is 15.9 Å². The third-order valence-electron chi connectivity index (χ3n) is 2.45. The van der Waals surface area contributed by atoms with Crippen molar-refractivity contribution in [2.24, 2.45) is 0 Å². The largest absolute Gasteiger partial charge is 0.395 e. The maximum absolute atomic E-state index is 12.4. The lowest BCUT2D eigenvalue weighted by molar-refractivity contribution is 0.0508. The molecule has 0 atom stereocenters. The van der Waals surface area contributed by atoms with Crippen molar-refractivity contribution in [2.75, 3.05) is 19.7 Å². The second kappa shape index (κ2) is 6.80. The Morgan fingerprint density at radius 1 is 1.50 bits per heavy atom. The fourth-order valence-electron chi connectivity index (χ4n) is 1.56. The normalized spacial score (nSPS) is 10.8. The lowest BCUT2D eigenvalue weighted by atomic mass is 10.1. The van der Waals surface area contributed by atoms with Crippen molar-refractivity contribution in [1.29, 1.82) is 0 Å². The van der Waals surface area contributed by atoms with E-state index in [1.165, 1.54) is 0 Å². The molecular weight excluding hydrogens is 308 g/mol. The van der Waals surface area contributed by atoms with Crippen molar-refractivity contribution in [3.8, 4) is 0 Å². The topological polar surface area (TPSA) is 40.5 Å². The average molecular weight is 322 g/mol. The van der Waals surface area contributed by atoms with Gasteiger partial charge < -0.3 is 10.0 Å². The molecule has 1 rings (SSSR count). The molecule has 0 fully saturated rings. The first-order chi connectivity index (χ1) is 8.45. The highest BCUT2D eigenvalue weighted by Gasteiger charge is 2.20. The molecule has 0 unspecified atom stereocenters. The third kappa shape index (κ3) is 4.03. The van der Waals surface area contributed by atoms with Gasteiger partial charge in [0.1, 0.15) is 0 Å². The molecule has 0 heterocycles. The van der Waals surface area contributed by atoms with Crippen molar-refractivity contribution >= 4 is 21.8 Å². The van der Waals surface area contributed by atoms with E-state index in [2.05, 4.69) is 15.9 Å². The first-order valence-corrected chi connectivity index (χ1v) is 6.19. The molecule has 100 valence electrons. The summed E-state index contributed by atoms with van der Waals surface area (Å²) in [6, 6.07) is 5.10. The van der Waals surface area contributed by atoms with Crippen LogP contribution in [-0.2, 0) is 0 Å². The average Bonchev–Trinajstić information content (AvgIpc) is 2.30. The summed E-state index contributed by atoms with van der Waals surface area (Å²) in [5, 5.41) is 8.82. The van der Waals surface area contributed by atoms with E-state index in [0.29, 0.717) is 15.6 Å². The smallest absolute Gasteiger partial charge is 0.255 e. The first kappa shape index (κ1) is 15.0. The van der Waals surface area contributed by atoms with Gasteiger partial charge in [0.15, 0.2) is 0 Å². The molecule has 0 aliphatic carbocycles. The van der Waals surface area contributed by atoms with Crippen LogP contribution in [0.15, 0.2) is 22.7 Å². The first-order valence-electron chi connectivity index (χ1n) is 5.40. The fourth-order valence-corrected chi connectivity index (χ4v) is 1.92. The number of alkyl halides is 2. The van der Waals surface area contributed by atoms with Crippen molar-refractivity contribution in [2.45, 2.75) is 13.3 Å². The van der Waals surface area contributed by atoms with E-state index in [1.807, 2.05) is 0 Å². The van der Waals surface area contributed by atoms with E-state index in [1.54, 1.807) is 25.1 Å². The fraction of sp³-hybridized carbons (Fsp3) is 0.417. The van der Waals surface area contributed by atoms with E-state index < -0.39 is 18.9 Å². The van der Waals surface area contributed by atoms with Gasteiger partial charge in [-0.1, -0.05) is 22.0 Å². The lowest BCUT2D eigenvalue weighted by Gasteiger charge is -2.22. The lowest BCUT2D eigenvalue weighted by Crippen LogP contribution is -2.37. The van der Waals surface area contributed by atoms with Gasteiger partial charge in [-0.3, -0.25) is 4.79 Å². The Hall–Kier alpha value is -1.01. The van der Waals surface area contributed by atoms with Gasteiger partial charge in [-0.15, -0.1) is 0 Å². The molecule has 1 N–H and O–H groups in total. The van der Waals surface area contributed by atoms with Gasteiger partial charge >= 0.3 is 0 Å². The number of carbonyl (C=O) groups excluding carboxylic acids is 1. The Morgan fingerprint density at radius 2 is 2.17 bits per heavy atom. The molecule has 6 heteroatoms. The van der Waals surface area contributed by atoms with Crippen LogP contribution in [0.4, 0.5) is 8.78 Å². The van der Waals surface area contributed by atoms with Gasteiger partial charge in [-0.25, -0.2) is 8.78 Å². The number of aliphatic hydroxyl groups excluding tert-OH is 1. The molecule has 3 nitrogen and oxygen atoms in total. The Morgan fingerprint density at radius 3 is 2.72 bits per heavy atom. The zero-order valence-corrected chi connectivity index (χ0v) is 11.5. The number of hydrogen-bond donors (Lipinski definition) is 1. The number of rotatable bonds is 5. The van der Waals surface area contributed by atoms with Crippen molar-refractivity contribution in [3.63, 3.8) is 0 Å². The maximum Gasteiger partial charge on any atom is 0.255 e. The van der Waals surface area contributed by atoms with Crippen LogP contribution < -0.4 is 0 Å². The van der Waals surface area contributed by atoms with Crippen molar-refractivity contribution in [1.82, 2.24) is 4.90 Å². The summed E-state index contributed by atoms with van der Waals surface area (Å²) in [7, 11) is 0. The van der Waals surface area contributed by atoms with Gasteiger partial charge in [-0.05, 0) is 24.6 Å². The minimum atomic E-state index is -2.62. The molecule has 1 aromatic rings. The maximum atomic E-state index is 12.4. The summed E-state index contributed by atoms with van der Waals surface area (Å²) in [5.41, 5.74) is 1.07. The Labute approximate surface area is 113 Å². The van der Waals surface area contributed by atoms with Crippen LogP contribution in [0.25, 0.3) is 0 Å². The number of benzene rings is 1. The van der Waals surface area contributed by atoms with Crippen LogP contribution in [0.2, 0.25) is 0 Å². The molecule has 1 amide bonds. The highest BCUT2D eigenvalue weighted by Crippen LogP contribution is 2.18. The highest BCUT2D eigenvalue weighted by atomic mass is 79.9. The van der Waals surface area contributed by atoms with Crippen LogP contribution in [-0.4, -0.2) is 42.0 Å². The highest BCUT2D eigenvalue weighted by molar-refractivity contribution is 9.10. The van der Waals surface area contributed by atoms with Crippen LogP contribution in [0.5, 0.6) is 0 Å². The minimum absolute atomic E-state index is 0.102. The number of aliphatic hydroxyl groups is 1. The molecule has 0 aromatic heterocycles. The molecule has 0 radical (unpaired) electrons. The van der Waals surface area contributed by atoms with Gasteiger partial charge in [0.05, 0.1) is 13.2 Å². The van der Waals surface area contributed by atoms with Crippen LogP contribution in [0, 0.1) is 6.92 Å². The SMILES string of the molecule is Cc1ccc(Br)cc1C(=O)N(CCO)CC(F)F. The molecule has 0 aliphatic heterocycles. The molecule has 1 aromatic carbocycles. The molecule has 0 spiro atoms. The zero-order valence-electron chi connectivity index (χ0n) is 9.87. The summed E-state index contributed by atoms with van der Waals surface area (Å²) >= 11 is 3.24. The number of halogens is 3. The van der Waals surface area contributed by atoms with Gasteiger partial charge in [0.2, 0.25) is 0 Å². The number of aryl methyl sites for hydroxylation is 1. The minimum Gasteiger partial charge on any atom is -0.395 e. The molecule has 0 aliphatic rings. The molecular formula is C12H14BrF2NO2. The number of carbonyl (C=O) groups is 1. The van der Waals surface area contributed by atoms with E-state index in [4.69, 9.17) is 5.11 Å². The Bertz CT molecular complexity index is 427. The summed E-state index contributed by atoms with van der Waals surface area (Å²) in [4.78, 5) is 13.1. The molecule has 0 saturated heterocycles. The molecule has 0 saturated carbocycles. The van der Waals surface area contributed by atoms with Gasteiger partial charge in [0, 0.05) is 16.6 Å². The zero-order chi connectivity index (χ0) is 13.7. The van der Waals surface area contributed by atoms with E-state index in [0.717, 1.165) is 4.90 Å². The van der Waals surface area contributed by atoms with Crippen molar-refractivity contribution < 1.29 is 18.7 Å². The van der Waals surface area contributed by atoms with E-state index in [-0.39, 0.29) is 13.2 Å². The van der Waals surface area contributed by atoms with Gasteiger partial charge in [0.25, 0.3) is 12.3 Å². The van der Waals surface area contributed by atoms with E-state index in [9.17, 15) is 13.6 Å². The molecule has 18 heavy (non-hydrogen) atoms. The Balaban J connectivity index is 2.97. The number of hydrogen-bond acceptors (Lipinski definition) is 2. The number of amides is 1. The third-order valence-corrected chi connectivity index (χ3v) is 2.94. The summed E-state index contributed by atoms with van der Waals surface area (Å²) in [5.74, 6) is -0.497. The second-order valence-electron chi connectivity index (χ2n) is 3.83. The Kier molecular flexibility index (Phi) is 5.68. The second-order valence-corrected chi connectivity index (χ2v) is 4.74. The van der Waals surface area contributed by atoms with Crippen molar-refractivity contribution in [3.05, 3.63) is 33.8 Å². The monoisotopic (exact) mass is 321 g/mol. The predicted molar refractivity (Wildman–Crippen MR) is 67.9 cm³/mol. The summed E-state index contributed by atoms with van der Waals surface area (Å²) in [6.07, 6.45) is -2.62. The van der Waals surface area contributed by atoms with Gasteiger partial charge in [-0.2, -0.15) is 0 Å². The summed E-state index contributed by atoms with van der Waals surface area (Å²) in [6.45, 7) is 0.616. The predicted octanol–water partition coefficient (Wildman–Crippen LogP) is 2.46. The standard InChI is InChI=1S/C12H14BrF2NO2/c1-8-2-3-9(13)6-10(8)12(18)16(4-5-17)7-11(14)15/h2-3,6,11,17H,4-5,7H2,1H3. The summed E-state index contributed by atoms with van der Waals surface area (Å²) < 4.78 is 25.5. The van der Waals surface area contributed by atoms with E-state index >= 15 is 0 Å². The van der Waals surface area contributed by atoms with Crippen LogP contribution in [0.1, 0.15) is 15.9 Å². The molecule has 0 bridgehead atoms. The van der Waals surface area contributed by atoms with Crippen LogP contribution in [0.3, 0.4) is 0 Å².